The van der Waals surface area contributed by atoms with Gasteiger partial charge in [0.25, 0.3) is 0 Å². The molecule has 6 aromatic heterocycles. The molecule has 0 bridgehead atoms. The van der Waals surface area contributed by atoms with Gasteiger partial charge in [0, 0.05) is 11.1 Å². The van der Waals surface area contributed by atoms with Gasteiger partial charge in [-0.3, -0.25) is 0 Å². The van der Waals surface area contributed by atoms with E-state index in [0.717, 1.165) is 91.7 Å². The summed E-state index contributed by atoms with van der Waals surface area (Å²) in [6.07, 6.45) is 0. The summed E-state index contributed by atoms with van der Waals surface area (Å²) in [7, 11) is 0. The molecule has 10 aromatic rings. The molecule has 4 aromatic carbocycles. The van der Waals surface area contributed by atoms with E-state index in [1.807, 2.05) is 36.4 Å². The molecular weight excluding hydrogens is 661 g/mol. The van der Waals surface area contributed by atoms with Crippen LogP contribution in [0.25, 0.3) is 91.7 Å². The summed E-state index contributed by atoms with van der Waals surface area (Å²) >= 11 is 9.83. The fourth-order valence-electron chi connectivity index (χ4n) is 5.15. The van der Waals surface area contributed by atoms with Crippen molar-refractivity contribution in [3.05, 3.63) is 84.9 Å². The molecule has 0 unspecified atom stereocenters. The highest BCUT2D eigenvalue weighted by Gasteiger charge is 2.18. The van der Waals surface area contributed by atoms with Crippen LogP contribution >= 0.6 is 68.0 Å². The molecule has 12 heteroatoms. The summed E-state index contributed by atoms with van der Waals surface area (Å²) in [6.45, 7) is 0. The zero-order chi connectivity index (χ0) is 28.8. The van der Waals surface area contributed by atoms with E-state index in [1.54, 1.807) is 68.0 Å². The number of fused-ring (bicyclic) bond motifs is 5. The van der Waals surface area contributed by atoms with Crippen molar-refractivity contribution < 1.29 is 0 Å². The third-order valence-electron chi connectivity index (χ3n) is 7.21. The molecule has 0 radical (unpaired) electrons. The van der Waals surface area contributed by atoms with E-state index in [-0.39, 0.29) is 0 Å². The number of nitrogens with zero attached hydrogens (tertiary/aromatic N) is 6. The summed E-state index contributed by atoms with van der Waals surface area (Å²) in [6, 6.07) is 29.3. The molecule has 10 rings (SSSR count). The van der Waals surface area contributed by atoms with Gasteiger partial charge in [-0.15, -0.1) is 22.7 Å². The van der Waals surface area contributed by atoms with E-state index in [1.165, 1.54) is 0 Å². The smallest absolute Gasteiger partial charge is 0.156 e. The monoisotopic (exact) mass is 674 g/mol. The highest BCUT2D eigenvalue weighted by Crippen LogP contribution is 2.42. The van der Waals surface area contributed by atoms with E-state index in [9.17, 15) is 0 Å². The second-order valence-electron chi connectivity index (χ2n) is 10.1. The normalized spacial score (nSPS) is 12.1. The number of benzene rings is 4. The Morgan fingerprint density at radius 1 is 0.341 bits per heavy atom. The van der Waals surface area contributed by atoms with Gasteiger partial charge in [-0.1, -0.05) is 106 Å². The predicted octanol–water partition coefficient (Wildman–Crippen LogP) is 10.9. The second kappa shape index (κ2) is 9.73. The molecule has 0 saturated heterocycles. The number of aromatic nitrogens is 6. The minimum atomic E-state index is 0.921. The summed E-state index contributed by atoms with van der Waals surface area (Å²) in [4.78, 5) is 33.3. The van der Waals surface area contributed by atoms with Gasteiger partial charge in [-0.2, -0.15) is 0 Å². The standard InChI is InChI=1S/C32H14N6S6/c1-3-7-15(8-4-1)23-35-29-31(41-23)37-27(43-29)25-33-19-11-17-14-22-20(12-18(17)13-21(19)39-25)34-26(40-22)28-38-32-30(44-28)36-24(42-32)16-9-5-2-6-10-16/h1-14H. The lowest BCUT2D eigenvalue weighted by molar-refractivity contribution is 1.43. The molecule has 0 aliphatic heterocycles. The zero-order valence-corrected chi connectivity index (χ0v) is 27.1. The maximum absolute atomic E-state index is 4.99. The quantitative estimate of drug-likeness (QED) is 0.185. The Morgan fingerprint density at radius 3 is 1.14 bits per heavy atom. The summed E-state index contributed by atoms with van der Waals surface area (Å²) in [5.74, 6) is 0. The molecule has 0 fully saturated rings. The zero-order valence-electron chi connectivity index (χ0n) is 22.2. The molecule has 0 aliphatic rings. The Balaban J connectivity index is 0.982. The number of hydrogen-bond donors (Lipinski definition) is 0. The third kappa shape index (κ3) is 4.14. The molecule has 0 aliphatic carbocycles. The molecule has 0 saturated carbocycles. The SMILES string of the molecule is c1ccc(-c2nc3sc(-c4nc5cc6cc7sc(-c8nc9sc(-c%10ccccc%10)nc9s8)nc7cc6cc5s4)nc3s2)cc1. The van der Waals surface area contributed by atoms with Crippen LogP contribution in [0.5, 0.6) is 0 Å². The number of rotatable bonds is 4. The van der Waals surface area contributed by atoms with Gasteiger partial charge in [-0.25, -0.2) is 29.9 Å². The Kier molecular flexibility index (Phi) is 5.60. The molecule has 44 heavy (non-hydrogen) atoms. The van der Waals surface area contributed by atoms with Gasteiger partial charge in [0.15, 0.2) is 39.4 Å². The van der Waals surface area contributed by atoms with E-state index in [4.69, 9.17) is 29.9 Å². The van der Waals surface area contributed by atoms with Crippen molar-refractivity contribution in [2.45, 2.75) is 0 Å². The molecular formula is C32H14N6S6. The van der Waals surface area contributed by atoms with E-state index < -0.39 is 0 Å². The van der Waals surface area contributed by atoms with Crippen LogP contribution < -0.4 is 0 Å². The molecule has 0 N–H and O–H groups in total. The molecule has 6 heterocycles. The van der Waals surface area contributed by atoms with Gasteiger partial charge in [0.05, 0.1) is 20.4 Å². The second-order valence-corrected chi connectivity index (χ2v) is 16.0. The van der Waals surface area contributed by atoms with Crippen LogP contribution in [-0.2, 0) is 0 Å². The van der Waals surface area contributed by atoms with Crippen LogP contribution in [0.4, 0.5) is 0 Å². The molecule has 6 nitrogen and oxygen atoms in total. The van der Waals surface area contributed by atoms with Crippen LogP contribution in [0.15, 0.2) is 84.9 Å². The fraction of sp³-hybridized carbons (Fsp3) is 0. The highest BCUT2D eigenvalue weighted by molar-refractivity contribution is 7.32. The summed E-state index contributed by atoms with van der Waals surface area (Å²) in [5.41, 5.74) is 4.22. The molecule has 208 valence electrons. The van der Waals surface area contributed by atoms with Crippen molar-refractivity contribution >= 4 is 119 Å². The first-order chi connectivity index (χ1) is 21.7. The van der Waals surface area contributed by atoms with Crippen molar-refractivity contribution in [3.8, 4) is 41.2 Å². The maximum Gasteiger partial charge on any atom is 0.156 e. The molecule has 0 amide bonds. The lowest BCUT2D eigenvalue weighted by Gasteiger charge is -1.97. The van der Waals surface area contributed by atoms with Gasteiger partial charge >= 0.3 is 0 Å². The van der Waals surface area contributed by atoms with Gasteiger partial charge < -0.3 is 0 Å². The largest absolute Gasteiger partial charge is 0.233 e. The van der Waals surface area contributed by atoms with E-state index >= 15 is 0 Å². The van der Waals surface area contributed by atoms with Crippen molar-refractivity contribution in [2.24, 2.45) is 0 Å². The third-order valence-corrected chi connectivity index (χ3v) is 13.7. The van der Waals surface area contributed by atoms with Crippen LogP contribution in [0.3, 0.4) is 0 Å². The van der Waals surface area contributed by atoms with Crippen molar-refractivity contribution in [3.63, 3.8) is 0 Å². The molecule has 0 spiro atoms. The first-order valence-corrected chi connectivity index (χ1v) is 18.4. The lowest BCUT2D eigenvalue weighted by atomic mass is 10.1. The Hall–Kier alpha value is -4.04. The van der Waals surface area contributed by atoms with Gasteiger partial charge in [0.1, 0.15) is 10.0 Å². The Bertz CT molecular complexity index is 2360. The Morgan fingerprint density at radius 2 is 0.705 bits per heavy atom. The average molecular weight is 675 g/mol. The fourth-order valence-corrected chi connectivity index (χ4v) is 11.3. The Labute approximate surface area is 272 Å². The van der Waals surface area contributed by atoms with Gasteiger partial charge in [0.2, 0.25) is 0 Å². The van der Waals surface area contributed by atoms with Crippen LogP contribution in [0.1, 0.15) is 0 Å². The van der Waals surface area contributed by atoms with E-state index in [0.29, 0.717) is 0 Å². The average Bonchev–Trinajstić information content (AvgIpc) is 3.88. The summed E-state index contributed by atoms with van der Waals surface area (Å²) < 4.78 is 2.28. The van der Waals surface area contributed by atoms with Crippen LogP contribution in [0, 0.1) is 0 Å². The first-order valence-electron chi connectivity index (χ1n) is 13.5. The van der Waals surface area contributed by atoms with Crippen molar-refractivity contribution in [1.29, 1.82) is 0 Å². The maximum atomic E-state index is 4.99. The summed E-state index contributed by atoms with van der Waals surface area (Å²) in [5, 5.41) is 8.02. The van der Waals surface area contributed by atoms with Crippen LogP contribution in [-0.4, -0.2) is 29.9 Å². The lowest BCUT2D eigenvalue weighted by Crippen LogP contribution is -1.77. The van der Waals surface area contributed by atoms with Crippen molar-refractivity contribution in [1.82, 2.24) is 29.9 Å². The van der Waals surface area contributed by atoms with E-state index in [2.05, 4.69) is 48.5 Å². The molecule has 0 atom stereocenters. The van der Waals surface area contributed by atoms with Crippen LogP contribution in [0.2, 0.25) is 0 Å². The van der Waals surface area contributed by atoms with Crippen molar-refractivity contribution in [2.75, 3.05) is 0 Å². The number of thiazole rings is 6. The van der Waals surface area contributed by atoms with Gasteiger partial charge in [-0.05, 0) is 35.0 Å². The highest BCUT2D eigenvalue weighted by atomic mass is 32.1. The topological polar surface area (TPSA) is 77.3 Å². The first kappa shape index (κ1) is 25.3. The minimum absolute atomic E-state index is 0.921. The minimum Gasteiger partial charge on any atom is -0.233 e. The predicted molar refractivity (Wildman–Crippen MR) is 190 cm³/mol. The number of hydrogen-bond acceptors (Lipinski definition) is 12.